The largest absolute Gasteiger partial charge is 0.394 e. The molecule has 0 unspecified atom stereocenters. The smallest absolute Gasteiger partial charge is 0.285 e. The third kappa shape index (κ3) is 3.87. The van der Waals surface area contributed by atoms with Crippen LogP contribution in [0.5, 0.6) is 0 Å². The number of hydrogen-bond acceptors (Lipinski definition) is 5. The van der Waals surface area contributed by atoms with Gasteiger partial charge in [0.05, 0.1) is 13.2 Å². The van der Waals surface area contributed by atoms with Crippen molar-refractivity contribution < 1.29 is 23.9 Å². The highest BCUT2D eigenvalue weighted by Crippen LogP contribution is 2.33. The lowest BCUT2D eigenvalue weighted by Gasteiger charge is -2.18. The third-order valence-corrected chi connectivity index (χ3v) is 4.68. The molecule has 126 valence electrons. The van der Waals surface area contributed by atoms with Crippen LogP contribution < -0.4 is 5.48 Å². The van der Waals surface area contributed by atoms with Crippen LogP contribution in [0, 0.1) is 11.7 Å². The lowest BCUT2D eigenvalue weighted by Crippen LogP contribution is -2.34. The van der Waals surface area contributed by atoms with E-state index in [4.69, 9.17) is 9.57 Å². The first-order chi connectivity index (χ1) is 11.0. The Morgan fingerprint density at radius 1 is 1.43 bits per heavy atom. The summed E-state index contributed by atoms with van der Waals surface area (Å²) in [5.41, 5.74) is 2.84. The molecule has 1 aromatic carbocycles. The van der Waals surface area contributed by atoms with E-state index in [0.29, 0.717) is 20.5 Å². The summed E-state index contributed by atoms with van der Waals surface area (Å²) in [7, 11) is 1.49. The zero-order valence-electron chi connectivity index (χ0n) is 13.3. The van der Waals surface area contributed by atoms with Gasteiger partial charge in [-0.25, -0.2) is 9.87 Å². The Labute approximate surface area is 138 Å². The molecule has 2 aromatic rings. The number of benzene rings is 1. The Hall–Kier alpha value is -1.54. The van der Waals surface area contributed by atoms with Gasteiger partial charge in [-0.05, 0) is 18.1 Å². The molecule has 1 heterocycles. The molecule has 7 heteroatoms. The molecule has 5 nitrogen and oxygen atoms in total. The van der Waals surface area contributed by atoms with Gasteiger partial charge in [0.1, 0.15) is 16.8 Å². The Bertz CT molecular complexity index is 686. The van der Waals surface area contributed by atoms with Gasteiger partial charge in [-0.2, -0.15) is 0 Å². The molecule has 1 amide bonds. The summed E-state index contributed by atoms with van der Waals surface area (Å²) in [6.07, 6.45) is -0.504. The lowest BCUT2D eigenvalue weighted by atomic mass is 10.1. The number of fused-ring (bicyclic) bond motifs is 1. The van der Waals surface area contributed by atoms with E-state index >= 15 is 0 Å². The van der Waals surface area contributed by atoms with Crippen LogP contribution in [0.2, 0.25) is 0 Å². The number of aliphatic hydroxyl groups excluding tert-OH is 1. The van der Waals surface area contributed by atoms with Gasteiger partial charge < -0.3 is 9.84 Å². The second-order valence-corrected chi connectivity index (χ2v) is 6.52. The molecule has 0 saturated carbocycles. The van der Waals surface area contributed by atoms with E-state index in [2.05, 4.69) is 5.48 Å². The summed E-state index contributed by atoms with van der Waals surface area (Å²) < 4.78 is 19.9. The number of hydrogen-bond donors (Lipinski definition) is 2. The van der Waals surface area contributed by atoms with Crippen LogP contribution in [0.25, 0.3) is 10.1 Å². The fourth-order valence-corrected chi connectivity index (χ4v) is 3.30. The molecule has 1 aromatic heterocycles. The SMILES string of the molecule is COCc1c(C(=O)NO[C@H](CO)C(C)C)sc2cccc(F)c12. The van der Waals surface area contributed by atoms with Gasteiger partial charge in [0.15, 0.2) is 0 Å². The molecular formula is C16H20FNO4S. The Balaban J connectivity index is 2.29. The van der Waals surface area contributed by atoms with Gasteiger partial charge in [-0.1, -0.05) is 19.9 Å². The average Bonchev–Trinajstić information content (AvgIpc) is 2.88. The van der Waals surface area contributed by atoms with Crippen LogP contribution >= 0.6 is 11.3 Å². The van der Waals surface area contributed by atoms with Crippen LogP contribution in [0.15, 0.2) is 18.2 Å². The van der Waals surface area contributed by atoms with Crippen molar-refractivity contribution in [3.63, 3.8) is 0 Å². The zero-order chi connectivity index (χ0) is 17.0. The second-order valence-electron chi connectivity index (χ2n) is 5.47. The fraction of sp³-hybridized carbons (Fsp3) is 0.438. The number of carbonyl (C=O) groups excluding carboxylic acids is 1. The molecule has 0 bridgehead atoms. The van der Waals surface area contributed by atoms with Gasteiger partial charge in [-0.3, -0.25) is 9.63 Å². The molecule has 2 N–H and O–H groups in total. The summed E-state index contributed by atoms with van der Waals surface area (Å²) in [6, 6.07) is 4.71. The van der Waals surface area contributed by atoms with E-state index in [9.17, 15) is 14.3 Å². The van der Waals surface area contributed by atoms with Gasteiger partial charge in [-0.15, -0.1) is 11.3 Å². The maximum absolute atomic E-state index is 14.1. The van der Waals surface area contributed by atoms with Crippen molar-refractivity contribution in [2.24, 2.45) is 5.92 Å². The van der Waals surface area contributed by atoms with E-state index in [0.717, 1.165) is 0 Å². The molecule has 0 aliphatic carbocycles. The molecule has 1 atom stereocenters. The van der Waals surface area contributed by atoms with Gasteiger partial charge in [0.2, 0.25) is 0 Å². The number of halogens is 1. The first kappa shape index (κ1) is 17.8. The number of thiophene rings is 1. The van der Waals surface area contributed by atoms with E-state index in [1.807, 2.05) is 13.8 Å². The molecule has 23 heavy (non-hydrogen) atoms. The van der Waals surface area contributed by atoms with Gasteiger partial charge in [0, 0.05) is 22.8 Å². The minimum absolute atomic E-state index is 0.0404. The maximum atomic E-state index is 14.1. The predicted octanol–water partition coefficient (Wildman–Crippen LogP) is 2.87. The van der Waals surface area contributed by atoms with Crippen molar-refractivity contribution in [3.8, 4) is 0 Å². The Morgan fingerprint density at radius 3 is 2.78 bits per heavy atom. The van der Waals surface area contributed by atoms with E-state index < -0.39 is 12.0 Å². The first-order valence-electron chi connectivity index (χ1n) is 7.25. The Kier molecular flexibility index (Phi) is 6.06. The maximum Gasteiger partial charge on any atom is 0.285 e. The summed E-state index contributed by atoms with van der Waals surface area (Å²) >= 11 is 1.18. The van der Waals surface area contributed by atoms with Crippen LogP contribution in [-0.2, 0) is 16.2 Å². The summed E-state index contributed by atoms with van der Waals surface area (Å²) in [5, 5.41) is 9.62. The molecular weight excluding hydrogens is 321 g/mol. The molecule has 0 fully saturated rings. The molecule has 0 aliphatic heterocycles. The quantitative estimate of drug-likeness (QED) is 0.760. The zero-order valence-corrected chi connectivity index (χ0v) is 14.1. The predicted molar refractivity (Wildman–Crippen MR) is 86.8 cm³/mol. The molecule has 0 aliphatic rings. The first-order valence-corrected chi connectivity index (χ1v) is 8.06. The number of amides is 1. The molecule has 0 radical (unpaired) electrons. The topological polar surface area (TPSA) is 67.8 Å². The highest BCUT2D eigenvalue weighted by molar-refractivity contribution is 7.21. The number of hydroxylamine groups is 1. The minimum Gasteiger partial charge on any atom is -0.394 e. The van der Waals surface area contributed by atoms with Crippen LogP contribution in [0.1, 0.15) is 29.1 Å². The normalized spacial score (nSPS) is 12.8. The summed E-state index contributed by atoms with van der Waals surface area (Å²) in [6.45, 7) is 3.66. The number of nitrogens with one attached hydrogen (secondary N) is 1. The van der Waals surface area contributed by atoms with Gasteiger partial charge >= 0.3 is 0 Å². The lowest BCUT2D eigenvalue weighted by molar-refractivity contribution is -0.0601. The summed E-state index contributed by atoms with van der Waals surface area (Å²) in [5.74, 6) is -0.823. The number of ether oxygens (including phenoxy) is 1. The minimum atomic E-state index is -0.504. The Morgan fingerprint density at radius 2 is 2.17 bits per heavy atom. The van der Waals surface area contributed by atoms with Gasteiger partial charge in [0.25, 0.3) is 5.91 Å². The monoisotopic (exact) mass is 341 g/mol. The van der Waals surface area contributed by atoms with E-state index in [1.165, 1.54) is 24.5 Å². The van der Waals surface area contributed by atoms with E-state index in [-0.39, 0.29) is 24.9 Å². The van der Waals surface area contributed by atoms with Crippen molar-refractivity contribution >= 4 is 27.3 Å². The van der Waals surface area contributed by atoms with Crippen LogP contribution in [-0.4, -0.2) is 30.8 Å². The average molecular weight is 341 g/mol. The standard InChI is InChI=1S/C16H20FNO4S/c1-9(2)12(7-19)22-18-16(20)15-10(8-21-3)14-11(17)5-4-6-13(14)23-15/h4-6,9,12,19H,7-8H2,1-3H3,(H,18,20)/t12-/m1/s1. The van der Waals surface area contributed by atoms with Crippen molar-refractivity contribution in [2.75, 3.05) is 13.7 Å². The highest BCUT2D eigenvalue weighted by atomic mass is 32.1. The number of rotatable bonds is 7. The summed E-state index contributed by atoms with van der Waals surface area (Å²) in [4.78, 5) is 18.0. The number of aliphatic hydroxyl groups is 1. The highest BCUT2D eigenvalue weighted by Gasteiger charge is 2.22. The molecule has 0 spiro atoms. The van der Waals surface area contributed by atoms with Crippen molar-refractivity contribution in [1.29, 1.82) is 0 Å². The van der Waals surface area contributed by atoms with Crippen LogP contribution in [0.4, 0.5) is 4.39 Å². The van der Waals surface area contributed by atoms with Crippen molar-refractivity contribution in [2.45, 2.75) is 26.6 Å². The number of carbonyl (C=O) groups is 1. The number of methoxy groups -OCH3 is 1. The fourth-order valence-electron chi connectivity index (χ4n) is 2.19. The van der Waals surface area contributed by atoms with E-state index in [1.54, 1.807) is 12.1 Å². The van der Waals surface area contributed by atoms with Crippen molar-refractivity contribution in [3.05, 3.63) is 34.5 Å². The molecule has 0 saturated heterocycles. The van der Waals surface area contributed by atoms with Crippen molar-refractivity contribution in [1.82, 2.24) is 5.48 Å². The third-order valence-electron chi connectivity index (χ3n) is 3.48. The molecule has 2 rings (SSSR count). The van der Waals surface area contributed by atoms with Crippen LogP contribution in [0.3, 0.4) is 0 Å². The second kappa shape index (κ2) is 7.83.